The number of rotatable bonds is 7. The molecule has 5 nitrogen and oxygen atoms in total. The molecule has 21 heavy (non-hydrogen) atoms. The van der Waals surface area contributed by atoms with Gasteiger partial charge in [-0.1, -0.05) is 11.6 Å². The number of nitrogen functional groups attached to an aromatic ring is 1. The normalized spacial score (nSPS) is 16.9. The molecule has 2 rings (SSSR count). The number of hydrogen-bond acceptors (Lipinski definition) is 4. The Hall–Kier alpha value is -0.820. The highest BCUT2D eigenvalue weighted by atomic mass is 35.5. The fourth-order valence-electron chi connectivity index (χ4n) is 2.21. The molecular formula is C14H21ClN2O3S. The molecule has 118 valence electrons. The van der Waals surface area contributed by atoms with Crippen molar-refractivity contribution in [2.45, 2.75) is 31.1 Å². The summed E-state index contributed by atoms with van der Waals surface area (Å²) in [5.74, 6) is 0. The lowest BCUT2D eigenvalue weighted by molar-refractivity contribution is 0.173. The number of anilines is 1. The third-order valence-electron chi connectivity index (χ3n) is 4.04. The third kappa shape index (κ3) is 3.88. The van der Waals surface area contributed by atoms with E-state index in [0.29, 0.717) is 18.8 Å². The van der Waals surface area contributed by atoms with Crippen molar-refractivity contribution in [1.82, 2.24) is 4.72 Å². The van der Waals surface area contributed by atoms with Crippen molar-refractivity contribution in [2.24, 2.45) is 5.41 Å². The molecule has 0 atom stereocenters. The number of nitrogens with one attached hydrogen (secondary N) is 1. The molecule has 3 N–H and O–H groups in total. The van der Waals surface area contributed by atoms with Crippen LogP contribution in [-0.2, 0) is 14.8 Å². The van der Waals surface area contributed by atoms with Crippen LogP contribution >= 0.6 is 11.6 Å². The molecule has 0 bridgehead atoms. The molecule has 0 unspecified atom stereocenters. The van der Waals surface area contributed by atoms with E-state index in [0.717, 1.165) is 24.8 Å². The highest BCUT2D eigenvalue weighted by molar-refractivity contribution is 7.89. The molecule has 1 aliphatic rings. The Morgan fingerprint density at radius 2 is 2.10 bits per heavy atom. The van der Waals surface area contributed by atoms with Gasteiger partial charge in [0.05, 0.1) is 5.02 Å². The van der Waals surface area contributed by atoms with Crippen LogP contribution in [0.5, 0.6) is 0 Å². The van der Waals surface area contributed by atoms with Crippen LogP contribution < -0.4 is 10.5 Å². The molecule has 1 aliphatic carbocycles. The molecular weight excluding hydrogens is 312 g/mol. The number of nitrogens with two attached hydrogens (primary N) is 1. The first-order valence-corrected chi connectivity index (χ1v) is 8.70. The van der Waals surface area contributed by atoms with Gasteiger partial charge in [0, 0.05) is 25.9 Å². The predicted molar refractivity (Wildman–Crippen MR) is 83.9 cm³/mol. The maximum atomic E-state index is 12.4. The van der Waals surface area contributed by atoms with Crippen molar-refractivity contribution in [3.63, 3.8) is 0 Å². The largest absolute Gasteiger partial charge is 0.398 e. The smallest absolute Gasteiger partial charge is 0.242 e. The monoisotopic (exact) mass is 332 g/mol. The number of aryl methyl sites for hydroxylation is 1. The summed E-state index contributed by atoms with van der Waals surface area (Å²) in [5, 5.41) is 0.191. The third-order valence-corrected chi connectivity index (χ3v) is 5.91. The van der Waals surface area contributed by atoms with Crippen molar-refractivity contribution < 1.29 is 13.2 Å². The number of halogens is 1. The van der Waals surface area contributed by atoms with E-state index in [2.05, 4.69) is 4.72 Å². The second kappa shape index (κ2) is 6.12. The van der Waals surface area contributed by atoms with Gasteiger partial charge in [0.2, 0.25) is 10.0 Å². The lowest BCUT2D eigenvalue weighted by Gasteiger charge is -2.16. The summed E-state index contributed by atoms with van der Waals surface area (Å²) in [7, 11) is -2.00. The molecule has 0 aliphatic heterocycles. The highest BCUT2D eigenvalue weighted by Gasteiger charge is 2.42. The van der Waals surface area contributed by atoms with Crippen molar-refractivity contribution in [3.05, 3.63) is 22.7 Å². The Bertz CT molecular complexity index is 627. The summed E-state index contributed by atoms with van der Waals surface area (Å²) in [4.78, 5) is 0.0369. The minimum atomic E-state index is -3.65. The zero-order valence-electron chi connectivity index (χ0n) is 12.3. The quantitative estimate of drug-likeness (QED) is 0.751. The minimum Gasteiger partial charge on any atom is -0.398 e. The Morgan fingerprint density at radius 1 is 1.43 bits per heavy atom. The molecule has 0 heterocycles. The second-order valence-corrected chi connectivity index (χ2v) is 7.85. The maximum Gasteiger partial charge on any atom is 0.242 e. The van der Waals surface area contributed by atoms with E-state index in [4.69, 9.17) is 22.1 Å². The Morgan fingerprint density at radius 3 is 2.67 bits per heavy atom. The number of ether oxygens (including phenoxy) is 1. The SMILES string of the molecule is COCCC1(CNS(=O)(=O)c2cc(N)c(C)cc2Cl)CC1. The van der Waals surface area contributed by atoms with Gasteiger partial charge in [0.1, 0.15) is 4.90 Å². The van der Waals surface area contributed by atoms with Crippen molar-refractivity contribution in [2.75, 3.05) is 26.0 Å². The van der Waals surface area contributed by atoms with Crippen molar-refractivity contribution >= 4 is 27.3 Å². The van der Waals surface area contributed by atoms with Crippen LogP contribution in [0, 0.1) is 12.3 Å². The molecule has 1 saturated carbocycles. The van der Waals surface area contributed by atoms with E-state index in [1.807, 2.05) is 0 Å². The van der Waals surface area contributed by atoms with Crippen LogP contribution in [0.15, 0.2) is 17.0 Å². The second-order valence-electron chi connectivity index (χ2n) is 5.71. The summed E-state index contributed by atoms with van der Waals surface area (Å²) in [6, 6.07) is 2.98. The average molecular weight is 333 g/mol. The lowest BCUT2D eigenvalue weighted by atomic mass is 10.0. The molecule has 0 spiro atoms. The van der Waals surface area contributed by atoms with E-state index in [1.165, 1.54) is 6.07 Å². The first kappa shape index (κ1) is 16.5. The number of sulfonamides is 1. The number of hydrogen-bond donors (Lipinski definition) is 2. The van der Waals surface area contributed by atoms with E-state index in [9.17, 15) is 8.42 Å². The summed E-state index contributed by atoms with van der Waals surface area (Å²) >= 11 is 6.04. The zero-order valence-corrected chi connectivity index (χ0v) is 13.9. The van der Waals surface area contributed by atoms with Gasteiger partial charge >= 0.3 is 0 Å². The highest BCUT2D eigenvalue weighted by Crippen LogP contribution is 2.48. The van der Waals surface area contributed by atoms with Crippen LogP contribution in [-0.4, -0.2) is 28.7 Å². The van der Waals surface area contributed by atoms with Crippen LogP contribution in [0.3, 0.4) is 0 Å². The van der Waals surface area contributed by atoms with E-state index in [1.54, 1.807) is 20.1 Å². The van der Waals surface area contributed by atoms with Crippen LogP contribution in [0.2, 0.25) is 5.02 Å². The van der Waals surface area contributed by atoms with Crippen LogP contribution in [0.25, 0.3) is 0 Å². The van der Waals surface area contributed by atoms with Gasteiger partial charge in [-0.3, -0.25) is 0 Å². The first-order valence-electron chi connectivity index (χ1n) is 6.84. The maximum absolute atomic E-state index is 12.4. The standard InChI is InChI=1S/C14H21ClN2O3S/c1-10-7-11(15)13(8-12(10)16)21(18,19)17-9-14(3-4-14)5-6-20-2/h7-8,17H,3-6,9,16H2,1-2H3. The molecule has 0 amide bonds. The molecule has 1 fully saturated rings. The van der Waals surface area contributed by atoms with Crippen LogP contribution in [0.1, 0.15) is 24.8 Å². The van der Waals surface area contributed by atoms with Crippen LogP contribution in [0.4, 0.5) is 5.69 Å². The summed E-state index contributed by atoms with van der Waals surface area (Å²) in [6.45, 7) is 2.83. The summed E-state index contributed by atoms with van der Waals surface area (Å²) < 4.78 is 32.5. The van der Waals surface area contributed by atoms with E-state index < -0.39 is 10.0 Å². The van der Waals surface area contributed by atoms with Gasteiger partial charge in [-0.25, -0.2) is 13.1 Å². The van der Waals surface area contributed by atoms with Crippen molar-refractivity contribution in [1.29, 1.82) is 0 Å². The van der Waals surface area contributed by atoms with E-state index in [-0.39, 0.29) is 15.3 Å². The minimum absolute atomic E-state index is 0.0335. The van der Waals surface area contributed by atoms with Crippen molar-refractivity contribution in [3.8, 4) is 0 Å². The zero-order chi connectivity index (χ0) is 15.7. The number of methoxy groups -OCH3 is 1. The first-order chi connectivity index (χ1) is 9.80. The number of benzene rings is 1. The lowest BCUT2D eigenvalue weighted by Crippen LogP contribution is -2.31. The Kier molecular flexibility index (Phi) is 4.82. The molecule has 7 heteroatoms. The van der Waals surface area contributed by atoms with E-state index >= 15 is 0 Å². The van der Waals surface area contributed by atoms with Gasteiger partial charge < -0.3 is 10.5 Å². The molecule has 1 aromatic carbocycles. The Balaban J connectivity index is 2.11. The van der Waals surface area contributed by atoms with Gasteiger partial charge in [-0.15, -0.1) is 0 Å². The topological polar surface area (TPSA) is 81.4 Å². The molecule has 1 aromatic rings. The van der Waals surface area contributed by atoms with Gasteiger partial charge in [0.25, 0.3) is 0 Å². The summed E-state index contributed by atoms with van der Waals surface area (Å²) in [5.41, 5.74) is 6.99. The summed E-state index contributed by atoms with van der Waals surface area (Å²) in [6.07, 6.45) is 2.89. The fraction of sp³-hybridized carbons (Fsp3) is 0.571. The fourth-order valence-corrected chi connectivity index (χ4v) is 3.98. The average Bonchev–Trinajstić information content (AvgIpc) is 3.19. The molecule has 0 aromatic heterocycles. The van der Waals surface area contributed by atoms with Gasteiger partial charge in [-0.2, -0.15) is 0 Å². The Labute approximate surface area is 130 Å². The van der Waals surface area contributed by atoms with Gasteiger partial charge in [0.15, 0.2) is 0 Å². The van der Waals surface area contributed by atoms with Gasteiger partial charge in [-0.05, 0) is 49.3 Å². The molecule has 0 saturated heterocycles. The predicted octanol–water partition coefficient (Wildman–Crippen LogP) is 2.33. The molecule has 0 radical (unpaired) electrons.